The van der Waals surface area contributed by atoms with Crippen molar-refractivity contribution in [2.24, 2.45) is 5.92 Å². The normalized spacial score (nSPS) is 12.3. The molecule has 0 aliphatic rings. The first-order valence-electron chi connectivity index (χ1n) is 5.79. The van der Waals surface area contributed by atoms with Gasteiger partial charge in [-0.1, -0.05) is 13.8 Å². The van der Waals surface area contributed by atoms with Gasteiger partial charge in [-0.3, -0.25) is 9.59 Å². The number of hydrogen-bond acceptors (Lipinski definition) is 2. The molecule has 0 spiro atoms. The Labute approximate surface area is 109 Å². The summed E-state index contributed by atoms with van der Waals surface area (Å²) in [6, 6.07) is 1.89. The molecule has 0 saturated carbocycles. The number of carboxylic acid groups (broad SMARTS) is 1. The van der Waals surface area contributed by atoms with E-state index in [1.807, 2.05) is 0 Å². The lowest BCUT2D eigenvalue weighted by Gasteiger charge is -2.20. The van der Waals surface area contributed by atoms with Crippen molar-refractivity contribution in [2.75, 3.05) is 0 Å². The van der Waals surface area contributed by atoms with Crippen LogP contribution < -0.4 is 5.32 Å². The van der Waals surface area contributed by atoms with Crippen LogP contribution in [0.1, 0.15) is 30.6 Å². The monoisotopic (exact) mass is 271 g/mol. The third-order valence-electron chi connectivity index (χ3n) is 2.69. The van der Waals surface area contributed by atoms with Gasteiger partial charge in [-0.25, -0.2) is 8.78 Å². The molecular formula is C13H15F2NO3. The van der Waals surface area contributed by atoms with Crippen molar-refractivity contribution in [3.8, 4) is 0 Å². The fourth-order valence-corrected chi connectivity index (χ4v) is 1.56. The Bertz CT molecular complexity index is 489. The van der Waals surface area contributed by atoms with E-state index in [0.29, 0.717) is 0 Å². The Morgan fingerprint density at radius 1 is 1.32 bits per heavy atom. The summed E-state index contributed by atoms with van der Waals surface area (Å²) in [7, 11) is 0. The molecule has 1 rings (SSSR count). The summed E-state index contributed by atoms with van der Waals surface area (Å²) in [4.78, 5) is 22.5. The minimum absolute atomic E-state index is 0.142. The van der Waals surface area contributed by atoms with E-state index in [9.17, 15) is 18.4 Å². The Morgan fingerprint density at radius 3 is 2.47 bits per heavy atom. The summed E-state index contributed by atoms with van der Waals surface area (Å²) in [5, 5.41) is 11.1. The van der Waals surface area contributed by atoms with Gasteiger partial charge in [-0.15, -0.1) is 0 Å². The number of carbonyl (C=O) groups is 2. The third kappa shape index (κ3) is 4.31. The maximum atomic E-state index is 13.4. The fraction of sp³-hybridized carbons (Fsp3) is 0.385. The molecule has 0 aliphatic heterocycles. The van der Waals surface area contributed by atoms with Gasteiger partial charge in [0.1, 0.15) is 11.6 Å². The molecule has 0 bridgehead atoms. The smallest absolute Gasteiger partial charge is 0.305 e. The van der Waals surface area contributed by atoms with Crippen LogP contribution in [0.5, 0.6) is 0 Å². The molecule has 2 N–H and O–H groups in total. The molecule has 1 aromatic rings. The van der Waals surface area contributed by atoms with Crippen LogP contribution in [0, 0.1) is 17.6 Å². The van der Waals surface area contributed by atoms with Crippen molar-refractivity contribution in [3.63, 3.8) is 0 Å². The van der Waals surface area contributed by atoms with Crippen molar-refractivity contribution in [2.45, 2.75) is 26.3 Å². The highest BCUT2D eigenvalue weighted by Gasteiger charge is 2.21. The minimum atomic E-state index is -1.07. The largest absolute Gasteiger partial charge is 0.481 e. The number of carbonyl (C=O) groups excluding carboxylic acids is 1. The second-order valence-electron chi connectivity index (χ2n) is 4.55. The van der Waals surface area contributed by atoms with E-state index < -0.39 is 35.1 Å². The van der Waals surface area contributed by atoms with E-state index in [1.54, 1.807) is 13.8 Å². The van der Waals surface area contributed by atoms with Gasteiger partial charge < -0.3 is 10.4 Å². The van der Waals surface area contributed by atoms with Crippen LogP contribution in [-0.4, -0.2) is 23.0 Å². The predicted octanol–water partition coefficient (Wildman–Crippen LogP) is 2.19. The zero-order valence-electron chi connectivity index (χ0n) is 10.6. The summed E-state index contributed by atoms with van der Waals surface area (Å²) in [6.07, 6.45) is -0.277. The van der Waals surface area contributed by atoms with Gasteiger partial charge in [0.05, 0.1) is 12.0 Å². The SMILES string of the molecule is CC(C)C(CC(=O)O)NC(=O)c1cc(F)ccc1F. The summed E-state index contributed by atoms with van der Waals surface area (Å²) < 4.78 is 26.4. The van der Waals surface area contributed by atoms with E-state index in [4.69, 9.17) is 5.11 Å². The summed E-state index contributed by atoms with van der Waals surface area (Å²) in [5.41, 5.74) is -0.434. The molecule has 1 unspecified atom stereocenters. The van der Waals surface area contributed by atoms with Crippen LogP contribution >= 0.6 is 0 Å². The van der Waals surface area contributed by atoms with E-state index in [0.717, 1.165) is 18.2 Å². The number of aliphatic carboxylic acids is 1. The van der Waals surface area contributed by atoms with Crippen molar-refractivity contribution < 1.29 is 23.5 Å². The lowest BCUT2D eigenvalue weighted by Crippen LogP contribution is -2.40. The van der Waals surface area contributed by atoms with E-state index in [2.05, 4.69) is 5.32 Å². The summed E-state index contributed by atoms with van der Waals surface area (Å²) in [5.74, 6) is -3.62. The lowest BCUT2D eigenvalue weighted by molar-refractivity contribution is -0.137. The Kier molecular flexibility index (Phi) is 4.97. The molecule has 0 heterocycles. The van der Waals surface area contributed by atoms with Crippen LogP contribution in [0.25, 0.3) is 0 Å². The molecule has 19 heavy (non-hydrogen) atoms. The zero-order valence-corrected chi connectivity index (χ0v) is 10.6. The number of amides is 1. The fourth-order valence-electron chi connectivity index (χ4n) is 1.56. The van der Waals surface area contributed by atoms with Gasteiger partial charge in [-0.2, -0.15) is 0 Å². The average Bonchev–Trinajstić information content (AvgIpc) is 2.30. The highest BCUT2D eigenvalue weighted by Crippen LogP contribution is 2.12. The Balaban J connectivity index is 2.87. The maximum Gasteiger partial charge on any atom is 0.305 e. The number of hydrogen-bond donors (Lipinski definition) is 2. The summed E-state index contributed by atoms with van der Waals surface area (Å²) in [6.45, 7) is 3.46. The average molecular weight is 271 g/mol. The molecule has 1 amide bonds. The van der Waals surface area contributed by atoms with E-state index >= 15 is 0 Å². The molecule has 104 valence electrons. The topological polar surface area (TPSA) is 66.4 Å². The zero-order chi connectivity index (χ0) is 14.6. The number of rotatable bonds is 5. The number of benzene rings is 1. The molecule has 4 nitrogen and oxygen atoms in total. The first kappa shape index (κ1) is 15.1. The van der Waals surface area contributed by atoms with Crippen molar-refractivity contribution in [1.29, 1.82) is 0 Å². The van der Waals surface area contributed by atoms with Gasteiger partial charge in [0, 0.05) is 6.04 Å². The van der Waals surface area contributed by atoms with Gasteiger partial charge >= 0.3 is 5.97 Å². The van der Waals surface area contributed by atoms with Crippen LogP contribution in [0.15, 0.2) is 18.2 Å². The standard InChI is InChI=1S/C13H15F2NO3/c1-7(2)11(6-12(17)18)16-13(19)9-5-8(14)3-4-10(9)15/h3-5,7,11H,6H2,1-2H3,(H,16,19)(H,17,18). The molecule has 1 aromatic carbocycles. The first-order valence-corrected chi connectivity index (χ1v) is 5.79. The second kappa shape index (κ2) is 6.26. The van der Waals surface area contributed by atoms with Crippen LogP contribution in [0.3, 0.4) is 0 Å². The highest BCUT2D eigenvalue weighted by molar-refractivity contribution is 5.94. The Morgan fingerprint density at radius 2 is 1.95 bits per heavy atom. The second-order valence-corrected chi connectivity index (χ2v) is 4.55. The molecule has 0 radical (unpaired) electrons. The summed E-state index contributed by atoms with van der Waals surface area (Å²) >= 11 is 0. The minimum Gasteiger partial charge on any atom is -0.481 e. The van der Waals surface area contributed by atoms with Gasteiger partial charge in [0.15, 0.2) is 0 Å². The van der Waals surface area contributed by atoms with Gasteiger partial charge in [0.2, 0.25) is 0 Å². The van der Waals surface area contributed by atoms with E-state index in [-0.39, 0.29) is 12.3 Å². The molecule has 6 heteroatoms. The molecular weight excluding hydrogens is 256 g/mol. The van der Waals surface area contributed by atoms with Crippen molar-refractivity contribution >= 4 is 11.9 Å². The van der Waals surface area contributed by atoms with Crippen molar-refractivity contribution in [1.82, 2.24) is 5.32 Å². The maximum absolute atomic E-state index is 13.4. The third-order valence-corrected chi connectivity index (χ3v) is 2.69. The van der Waals surface area contributed by atoms with E-state index in [1.165, 1.54) is 0 Å². The first-order chi connectivity index (χ1) is 8.81. The molecule has 1 atom stereocenters. The quantitative estimate of drug-likeness (QED) is 0.862. The van der Waals surface area contributed by atoms with Crippen LogP contribution in [0.4, 0.5) is 8.78 Å². The Hall–Kier alpha value is -1.98. The highest BCUT2D eigenvalue weighted by atomic mass is 19.1. The number of nitrogens with one attached hydrogen (secondary N) is 1. The molecule has 0 aliphatic carbocycles. The van der Waals surface area contributed by atoms with Gasteiger partial charge in [-0.05, 0) is 24.1 Å². The molecule has 0 fully saturated rings. The van der Waals surface area contributed by atoms with Crippen LogP contribution in [-0.2, 0) is 4.79 Å². The predicted molar refractivity (Wildman–Crippen MR) is 64.7 cm³/mol. The van der Waals surface area contributed by atoms with Gasteiger partial charge in [0.25, 0.3) is 5.91 Å². The molecule has 0 aromatic heterocycles. The number of carboxylic acids is 1. The number of halogens is 2. The molecule has 0 saturated heterocycles. The van der Waals surface area contributed by atoms with Crippen molar-refractivity contribution in [3.05, 3.63) is 35.4 Å². The van der Waals surface area contributed by atoms with Crippen LogP contribution in [0.2, 0.25) is 0 Å². The lowest BCUT2D eigenvalue weighted by atomic mass is 10.0.